The summed E-state index contributed by atoms with van der Waals surface area (Å²) >= 11 is 0. The molecule has 0 aromatic heterocycles. The Hall–Kier alpha value is -0.0800. The van der Waals surface area contributed by atoms with Crippen LogP contribution in [0.5, 0.6) is 0 Å². The Morgan fingerprint density at radius 3 is 2.32 bits per heavy atom. The van der Waals surface area contributed by atoms with Gasteiger partial charge in [-0.15, -0.1) is 0 Å². The van der Waals surface area contributed by atoms with Crippen molar-refractivity contribution in [3.63, 3.8) is 0 Å². The number of ether oxygens (including phenoxy) is 2. The van der Waals surface area contributed by atoms with Gasteiger partial charge in [0.25, 0.3) is 0 Å². The molecule has 0 radical (unpaired) electrons. The fourth-order valence-electron chi connectivity index (χ4n) is 7.27. The molecule has 0 N–H and O–H groups in total. The molecule has 0 unspecified atom stereocenters. The van der Waals surface area contributed by atoms with Crippen LogP contribution in [0.4, 0.5) is 0 Å². The molecule has 0 saturated heterocycles. The molecule has 4 aliphatic rings. The molecule has 4 rings (SSSR count). The standard InChI is InChI=1S/C20H34O2/c1-19-10-4-5-18(19)17-7-6-14-13-20(21-2,22-3)12-9-15(14)16(17)8-11-19/h14-18H,4-13H2,1-3H3/t14-,15-,16+,17+,18-,19-/m0/s1. The van der Waals surface area contributed by atoms with Crippen LogP contribution in [0, 0.1) is 35.0 Å². The van der Waals surface area contributed by atoms with Crippen molar-refractivity contribution in [2.45, 2.75) is 76.9 Å². The van der Waals surface area contributed by atoms with Gasteiger partial charge < -0.3 is 9.47 Å². The lowest BCUT2D eigenvalue weighted by Gasteiger charge is -2.56. The van der Waals surface area contributed by atoms with Crippen LogP contribution in [0.15, 0.2) is 0 Å². The smallest absolute Gasteiger partial charge is 0.167 e. The molecule has 0 bridgehead atoms. The second-order valence-electron chi connectivity index (χ2n) is 9.08. The zero-order valence-corrected chi connectivity index (χ0v) is 14.8. The first-order valence-corrected chi connectivity index (χ1v) is 9.71. The molecule has 2 heteroatoms. The fraction of sp³-hybridized carbons (Fsp3) is 1.00. The number of methoxy groups -OCH3 is 2. The summed E-state index contributed by atoms with van der Waals surface area (Å²) in [6, 6.07) is 0. The third kappa shape index (κ3) is 2.20. The first-order valence-electron chi connectivity index (χ1n) is 9.71. The number of hydrogen-bond acceptors (Lipinski definition) is 2. The molecule has 0 heterocycles. The van der Waals surface area contributed by atoms with Crippen LogP contribution in [-0.2, 0) is 9.47 Å². The minimum Gasteiger partial charge on any atom is -0.353 e. The van der Waals surface area contributed by atoms with Crippen LogP contribution in [0.2, 0.25) is 0 Å². The Bertz CT molecular complexity index is 416. The molecule has 22 heavy (non-hydrogen) atoms. The molecular formula is C20H34O2. The third-order valence-corrected chi connectivity index (χ3v) is 8.48. The van der Waals surface area contributed by atoms with Crippen molar-refractivity contribution in [3.8, 4) is 0 Å². The van der Waals surface area contributed by atoms with Crippen LogP contribution in [0.1, 0.15) is 71.1 Å². The highest BCUT2D eigenvalue weighted by Crippen LogP contribution is 2.63. The number of hydrogen-bond donors (Lipinski definition) is 0. The van der Waals surface area contributed by atoms with Crippen molar-refractivity contribution in [1.29, 1.82) is 0 Å². The SMILES string of the molecule is COC1(OC)CC[C@H]2[C@@H](CC[C@@H]3[C@@H]2CC[C@]2(C)CCC[C@@H]32)C1. The predicted octanol–water partition coefficient (Wildman–Crippen LogP) is 5.02. The van der Waals surface area contributed by atoms with E-state index in [9.17, 15) is 0 Å². The highest BCUT2D eigenvalue weighted by atomic mass is 16.7. The lowest BCUT2D eigenvalue weighted by molar-refractivity contribution is -0.246. The van der Waals surface area contributed by atoms with E-state index < -0.39 is 0 Å². The van der Waals surface area contributed by atoms with Gasteiger partial charge in [-0.1, -0.05) is 13.3 Å². The van der Waals surface area contributed by atoms with Gasteiger partial charge in [-0.25, -0.2) is 0 Å². The highest BCUT2D eigenvalue weighted by Gasteiger charge is 2.55. The molecule has 0 amide bonds. The van der Waals surface area contributed by atoms with Crippen molar-refractivity contribution in [2.24, 2.45) is 35.0 Å². The van der Waals surface area contributed by atoms with Gasteiger partial charge in [0.05, 0.1) is 0 Å². The van der Waals surface area contributed by atoms with Gasteiger partial charge in [-0.2, -0.15) is 0 Å². The largest absolute Gasteiger partial charge is 0.353 e. The van der Waals surface area contributed by atoms with Gasteiger partial charge in [0.15, 0.2) is 5.79 Å². The Labute approximate surface area is 136 Å². The van der Waals surface area contributed by atoms with Crippen molar-refractivity contribution in [2.75, 3.05) is 14.2 Å². The summed E-state index contributed by atoms with van der Waals surface area (Å²) in [5.74, 6) is 4.64. The molecule has 4 aliphatic carbocycles. The zero-order valence-electron chi connectivity index (χ0n) is 14.8. The van der Waals surface area contributed by atoms with E-state index in [0.717, 1.165) is 42.4 Å². The van der Waals surface area contributed by atoms with E-state index in [1.165, 1.54) is 51.4 Å². The molecule has 126 valence electrons. The molecule has 0 aromatic carbocycles. The van der Waals surface area contributed by atoms with E-state index in [0.29, 0.717) is 5.41 Å². The second kappa shape index (κ2) is 5.48. The third-order valence-electron chi connectivity index (χ3n) is 8.48. The summed E-state index contributed by atoms with van der Waals surface area (Å²) in [7, 11) is 3.67. The summed E-state index contributed by atoms with van der Waals surface area (Å²) in [6.45, 7) is 2.61. The molecule has 2 nitrogen and oxygen atoms in total. The predicted molar refractivity (Wildman–Crippen MR) is 88.5 cm³/mol. The van der Waals surface area contributed by atoms with Crippen molar-refractivity contribution in [1.82, 2.24) is 0 Å². The molecule has 6 atom stereocenters. The number of fused-ring (bicyclic) bond motifs is 5. The van der Waals surface area contributed by atoms with Gasteiger partial charge in [0, 0.05) is 27.1 Å². The van der Waals surface area contributed by atoms with Gasteiger partial charge in [-0.3, -0.25) is 0 Å². The molecule has 0 spiro atoms. The van der Waals surface area contributed by atoms with Crippen LogP contribution >= 0.6 is 0 Å². The van der Waals surface area contributed by atoms with Crippen molar-refractivity contribution in [3.05, 3.63) is 0 Å². The quantitative estimate of drug-likeness (QED) is 0.667. The van der Waals surface area contributed by atoms with Gasteiger partial charge in [-0.05, 0) is 80.0 Å². The molecule has 4 saturated carbocycles. The van der Waals surface area contributed by atoms with Gasteiger partial charge in [0.2, 0.25) is 0 Å². The second-order valence-corrected chi connectivity index (χ2v) is 9.08. The van der Waals surface area contributed by atoms with E-state index in [-0.39, 0.29) is 5.79 Å². The summed E-state index contributed by atoms with van der Waals surface area (Å²) < 4.78 is 11.6. The first-order chi connectivity index (χ1) is 10.6. The van der Waals surface area contributed by atoms with Crippen LogP contribution in [0.25, 0.3) is 0 Å². The minimum atomic E-state index is -0.273. The van der Waals surface area contributed by atoms with E-state index in [1.54, 1.807) is 0 Å². The van der Waals surface area contributed by atoms with Gasteiger partial charge >= 0.3 is 0 Å². The van der Waals surface area contributed by atoms with Crippen LogP contribution in [0.3, 0.4) is 0 Å². The first kappa shape index (κ1) is 15.4. The van der Waals surface area contributed by atoms with Gasteiger partial charge in [0.1, 0.15) is 0 Å². The summed E-state index contributed by atoms with van der Waals surface area (Å²) in [5, 5.41) is 0. The van der Waals surface area contributed by atoms with Crippen molar-refractivity contribution >= 4 is 0 Å². The lowest BCUT2D eigenvalue weighted by atomic mass is 9.50. The Morgan fingerprint density at radius 1 is 0.773 bits per heavy atom. The highest BCUT2D eigenvalue weighted by molar-refractivity contribution is 5.04. The molecule has 0 aromatic rings. The topological polar surface area (TPSA) is 18.5 Å². The van der Waals surface area contributed by atoms with E-state index in [4.69, 9.17) is 9.47 Å². The molecule has 4 fully saturated rings. The van der Waals surface area contributed by atoms with E-state index in [2.05, 4.69) is 6.92 Å². The van der Waals surface area contributed by atoms with Crippen LogP contribution in [-0.4, -0.2) is 20.0 Å². The Kier molecular flexibility index (Phi) is 3.85. The maximum absolute atomic E-state index is 5.78. The van der Waals surface area contributed by atoms with E-state index >= 15 is 0 Å². The summed E-state index contributed by atoms with van der Waals surface area (Å²) in [5.41, 5.74) is 0.700. The lowest BCUT2D eigenvalue weighted by Crippen LogP contribution is -2.51. The fourth-order valence-corrected chi connectivity index (χ4v) is 7.27. The summed E-state index contributed by atoms with van der Waals surface area (Å²) in [6.07, 6.45) is 14.0. The maximum Gasteiger partial charge on any atom is 0.167 e. The van der Waals surface area contributed by atoms with Crippen molar-refractivity contribution < 1.29 is 9.47 Å². The maximum atomic E-state index is 5.78. The van der Waals surface area contributed by atoms with Crippen LogP contribution < -0.4 is 0 Å². The Morgan fingerprint density at radius 2 is 1.55 bits per heavy atom. The monoisotopic (exact) mass is 306 g/mol. The minimum absolute atomic E-state index is 0.273. The normalized spacial score (nSPS) is 50.0. The molecule has 0 aliphatic heterocycles. The number of rotatable bonds is 2. The average Bonchev–Trinajstić information content (AvgIpc) is 2.95. The average molecular weight is 306 g/mol. The van der Waals surface area contributed by atoms with E-state index in [1.807, 2.05) is 14.2 Å². The Balaban J connectivity index is 1.52. The molecular weight excluding hydrogens is 272 g/mol. The zero-order chi connectivity index (χ0) is 15.4. The summed E-state index contributed by atoms with van der Waals surface area (Å²) in [4.78, 5) is 0.